The number of hydrogen-bond donors (Lipinski definition) is 0. The van der Waals surface area contributed by atoms with Gasteiger partial charge in [0.1, 0.15) is 0 Å². The van der Waals surface area contributed by atoms with Crippen molar-refractivity contribution in [3.05, 3.63) is 88.6 Å². The summed E-state index contributed by atoms with van der Waals surface area (Å²) in [5.74, 6) is 0. The van der Waals surface area contributed by atoms with Crippen LogP contribution in [0.2, 0.25) is 0 Å². The first kappa shape index (κ1) is 19.1. The Balaban J connectivity index is 2.01. The van der Waals surface area contributed by atoms with Crippen LogP contribution in [-0.2, 0) is 9.84 Å². The second kappa shape index (κ2) is 7.28. The minimum Gasteiger partial charge on any atom is -0.288 e. The van der Waals surface area contributed by atoms with Crippen LogP contribution >= 0.6 is 11.3 Å². The average molecular weight is 418 g/mol. The molecule has 0 saturated carbocycles. The van der Waals surface area contributed by atoms with Crippen LogP contribution in [0, 0.1) is 11.3 Å². The fraction of sp³-hybridized carbons (Fsp3) is 0.0435. The Morgan fingerprint density at radius 2 is 1.48 bits per heavy atom. The Labute approximate surface area is 172 Å². The van der Waals surface area contributed by atoms with E-state index in [1.165, 1.54) is 17.6 Å². The maximum absolute atomic E-state index is 13.3. The quantitative estimate of drug-likeness (QED) is 0.477. The van der Waals surface area contributed by atoms with Crippen molar-refractivity contribution >= 4 is 31.3 Å². The lowest BCUT2D eigenvalue weighted by Crippen LogP contribution is -2.06. The maximum atomic E-state index is 13.3. The molecule has 0 amide bonds. The van der Waals surface area contributed by atoms with E-state index in [9.17, 15) is 13.2 Å². The van der Waals surface area contributed by atoms with E-state index in [-0.39, 0.29) is 10.3 Å². The molecule has 0 spiro atoms. The number of sulfone groups is 1. The van der Waals surface area contributed by atoms with E-state index < -0.39 is 9.84 Å². The lowest BCUT2D eigenvalue weighted by atomic mass is 9.99. The van der Waals surface area contributed by atoms with Crippen molar-refractivity contribution in [1.29, 1.82) is 5.26 Å². The highest BCUT2D eigenvalue weighted by molar-refractivity contribution is 7.90. The van der Waals surface area contributed by atoms with Gasteiger partial charge in [-0.2, -0.15) is 5.26 Å². The predicted octanol–water partition coefficient (Wildman–Crippen LogP) is 4.87. The molecule has 0 unspecified atom stereocenters. The van der Waals surface area contributed by atoms with Gasteiger partial charge in [0.05, 0.1) is 16.5 Å². The molecule has 142 valence electrons. The fourth-order valence-corrected chi connectivity index (χ4v) is 5.01. The molecule has 0 N–H and O–H groups in total. The van der Waals surface area contributed by atoms with Gasteiger partial charge >= 0.3 is 0 Å². The lowest BCUT2D eigenvalue weighted by molar-refractivity contribution is 0.602. The summed E-state index contributed by atoms with van der Waals surface area (Å²) in [5, 5.41) is 9.69. The van der Waals surface area contributed by atoms with Crippen molar-refractivity contribution in [2.75, 3.05) is 6.26 Å². The Kier molecular flexibility index (Phi) is 4.79. The van der Waals surface area contributed by atoms with Crippen molar-refractivity contribution in [1.82, 2.24) is 0 Å². The van der Waals surface area contributed by atoms with Crippen LogP contribution in [0.15, 0.2) is 82.5 Å². The average Bonchev–Trinajstić information content (AvgIpc) is 2.73. The molecule has 0 radical (unpaired) electrons. The third-order valence-corrected chi connectivity index (χ3v) is 6.99. The SMILES string of the molecule is CS(=O)(=O)c1ccc(-c2sc3ccccc3c(=O)c2-c2ccc(C#N)cc2)cc1. The standard InChI is InChI=1S/C23H15NO3S2/c1-29(26,27)18-12-10-17(11-13-18)23-21(16-8-6-15(14-24)7-9-16)22(25)19-4-2-3-5-20(19)28-23/h2-13H,1H3. The number of hydrogen-bond acceptors (Lipinski definition) is 5. The molecule has 3 aromatic carbocycles. The largest absolute Gasteiger partial charge is 0.288 e. The monoisotopic (exact) mass is 417 g/mol. The highest BCUT2D eigenvalue weighted by Gasteiger charge is 2.17. The van der Waals surface area contributed by atoms with Gasteiger partial charge in [0, 0.05) is 26.8 Å². The minimum atomic E-state index is -3.30. The third kappa shape index (κ3) is 3.58. The van der Waals surface area contributed by atoms with Gasteiger partial charge in [0.25, 0.3) is 0 Å². The van der Waals surface area contributed by atoms with Gasteiger partial charge in [-0.05, 0) is 47.5 Å². The Hall–Kier alpha value is -3.27. The summed E-state index contributed by atoms with van der Waals surface area (Å²) in [6.45, 7) is 0. The molecule has 0 aliphatic carbocycles. The summed E-state index contributed by atoms with van der Waals surface area (Å²) in [6, 6.07) is 23.0. The summed E-state index contributed by atoms with van der Waals surface area (Å²) in [5.41, 5.74) is 2.46. The van der Waals surface area contributed by atoms with Crippen LogP contribution in [-0.4, -0.2) is 14.7 Å². The van der Waals surface area contributed by atoms with E-state index in [2.05, 4.69) is 6.07 Å². The number of rotatable bonds is 3. The summed E-state index contributed by atoms with van der Waals surface area (Å²) < 4.78 is 24.4. The van der Waals surface area contributed by atoms with E-state index in [1.54, 1.807) is 54.6 Å². The smallest absolute Gasteiger partial charge is 0.196 e. The first-order valence-electron chi connectivity index (χ1n) is 8.75. The molecule has 4 nitrogen and oxygen atoms in total. The molecule has 6 heteroatoms. The molecule has 1 aromatic heterocycles. The zero-order valence-corrected chi connectivity index (χ0v) is 17.0. The maximum Gasteiger partial charge on any atom is 0.196 e. The number of nitrogens with zero attached hydrogens (tertiary/aromatic N) is 1. The molecular weight excluding hydrogens is 402 g/mol. The predicted molar refractivity (Wildman–Crippen MR) is 117 cm³/mol. The van der Waals surface area contributed by atoms with Crippen molar-refractivity contribution in [2.45, 2.75) is 4.90 Å². The van der Waals surface area contributed by atoms with E-state index in [4.69, 9.17) is 5.26 Å². The van der Waals surface area contributed by atoms with Crippen LogP contribution in [0.5, 0.6) is 0 Å². The van der Waals surface area contributed by atoms with E-state index >= 15 is 0 Å². The lowest BCUT2D eigenvalue weighted by Gasteiger charge is -2.11. The Morgan fingerprint density at radius 1 is 0.862 bits per heavy atom. The van der Waals surface area contributed by atoms with Crippen LogP contribution < -0.4 is 5.43 Å². The Morgan fingerprint density at radius 3 is 2.10 bits per heavy atom. The number of benzene rings is 3. The molecule has 0 aliphatic rings. The van der Waals surface area contributed by atoms with Crippen LogP contribution in [0.3, 0.4) is 0 Å². The van der Waals surface area contributed by atoms with Gasteiger partial charge in [0.2, 0.25) is 0 Å². The van der Waals surface area contributed by atoms with Gasteiger partial charge < -0.3 is 0 Å². The second-order valence-electron chi connectivity index (χ2n) is 6.62. The summed E-state index contributed by atoms with van der Waals surface area (Å²) in [6.07, 6.45) is 1.17. The third-order valence-electron chi connectivity index (χ3n) is 4.65. The van der Waals surface area contributed by atoms with Gasteiger partial charge in [0.15, 0.2) is 15.3 Å². The zero-order valence-electron chi connectivity index (χ0n) is 15.4. The first-order chi connectivity index (χ1) is 13.9. The highest BCUT2D eigenvalue weighted by Crippen LogP contribution is 2.37. The molecule has 0 bridgehead atoms. The molecular formula is C23H15NO3S2. The van der Waals surface area contributed by atoms with E-state index in [1.807, 2.05) is 18.2 Å². The molecule has 0 fully saturated rings. The van der Waals surface area contributed by atoms with E-state index in [0.717, 1.165) is 20.7 Å². The van der Waals surface area contributed by atoms with Crippen molar-refractivity contribution < 1.29 is 8.42 Å². The molecule has 4 aromatic rings. The number of fused-ring (bicyclic) bond motifs is 1. The summed E-state index contributed by atoms with van der Waals surface area (Å²) in [7, 11) is -3.30. The van der Waals surface area contributed by atoms with Crippen LogP contribution in [0.1, 0.15) is 5.56 Å². The molecule has 0 saturated heterocycles. The molecule has 0 atom stereocenters. The summed E-state index contributed by atoms with van der Waals surface area (Å²) in [4.78, 5) is 14.3. The van der Waals surface area contributed by atoms with Crippen LogP contribution in [0.4, 0.5) is 0 Å². The minimum absolute atomic E-state index is 0.0914. The van der Waals surface area contributed by atoms with Gasteiger partial charge in [-0.15, -0.1) is 11.3 Å². The normalized spacial score (nSPS) is 11.3. The molecule has 1 heterocycles. The van der Waals surface area contributed by atoms with Gasteiger partial charge in [-0.25, -0.2) is 8.42 Å². The van der Waals surface area contributed by atoms with Gasteiger partial charge in [-0.3, -0.25) is 4.79 Å². The van der Waals surface area contributed by atoms with Crippen molar-refractivity contribution in [3.63, 3.8) is 0 Å². The van der Waals surface area contributed by atoms with Crippen LogP contribution in [0.25, 0.3) is 31.7 Å². The Bertz CT molecular complexity index is 1430. The van der Waals surface area contributed by atoms with Gasteiger partial charge in [-0.1, -0.05) is 36.4 Å². The molecule has 4 rings (SSSR count). The van der Waals surface area contributed by atoms with E-state index in [0.29, 0.717) is 16.5 Å². The second-order valence-corrected chi connectivity index (χ2v) is 9.69. The summed E-state index contributed by atoms with van der Waals surface area (Å²) >= 11 is 1.48. The topological polar surface area (TPSA) is 75.0 Å². The fourth-order valence-electron chi connectivity index (χ4n) is 3.17. The van der Waals surface area contributed by atoms with Crippen molar-refractivity contribution in [2.24, 2.45) is 0 Å². The molecule has 29 heavy (non-hydrogen) atoms. The zero-order chi connectivity index (χ0) is 20.6. The number of nitriles is 1. The van der Waals surface area contributed by atoms with Crippen molar-refractivity contribution in [3.8, 4) is 27.6 Å². The molecule has 0 aliphatic heterocycles. The highest BCUT2D eigenvalue weighted by atomic mass is 32.2. The first-order valence-corrected chi connectivity index (χ1v) is 11.5.